The van der Waals surface area contributed by atoms with E-state index in [1.165, 1.54) is 16.7 Å². The van der Waals surface area contributed by atoms with Crippen LogP contribution in [0.5, 0.6) is 0 Å². The van der Waals surface area contributed by atoms with Crippen LogP contribution < -0.4 is 5.32 Å². The van der Waals surface area contributed by atoms with Crippen LogP contribution in [0, 0.1) is 0 Å². The second-order valence-electron chi connectivity index (χ2n) is 6.74. The summed E-state index contributed by atoms with van der Waals surface area (Å²) < 4.78 is 1.78. The third-order valence-corrected chi connectivity index (χ3v) is 4.88. The molecule has 0 saturated carbocycles. The van der Waals surface area contributed by atoms with Gasteiger partial charge >= 0.3 is 0 Å². The van der Waals surface area contributed by atoms with Gasteiger partial charge in [-0.3, -0.25) is 15.0 Å². The Kier molecular flexibility index (Phi) is 4.54. The molecule has 0 radical (unpaired) electrons. The lowest BCUT2D eigenvalue weighted by Gasteiger charge is -2.28. The average molecular weight is 346 g/mol. The molecule has 4 rings (SSSR count). The van der Waals surface area contributed by atoms with Gasteiger partial charge in [-0.25, -0.2) is 4.98 Å². The third-order valence-electron chi connectivity index (χ3n) is 4.88. The van der Waals surface area contributed by atoms with Crippen molar-refractivity contribution in [2.45, 2.75) is 19.5 Å². The standard InChI is InChI=1S/C21H22N4O/c1-24-13-11-22-21(24)23-20(26)18-8-6-16(7-9-18)14-25-12-10-17-4-2-3-5-19(17)15-25/h2-9,11,13H,10,12,14-15H2,1H3,(H,22,23,26). The molecule has 1 amide bonds. The van der Waals surface area contributed by atoms with Crippen LogP contribution in [-0.2, 0) is 26.6 Å². The zero-order valence-corrected chi connectivity index (χ0v) is 14.9. The molecule has 0 spiro atoms. The number of carbonyl (C=O) groups is 1. The summed E-state index contributed by atoms with van der Waals surface area (Å²) in [5.41, 5.74) is 4.74. The Morgan fingerprint density at radius 2 is 1.88 bits per heavy atom. The fraction of sp³-hybridized carbons (Fsp3) is 0.238. The highest BCUT2D eigenvalue weighted by Crippen LogP contribution is 2.20. The van der Waals surface area contributed by atoms with Gasteiger partial charge in [0, 0.05) is 44.6 Å². The highest BCUT2D eigenvalue weighted by atomic mass is 16.1. The number of nitrogens with one attached hydrogen (secondary N) is 1. The van der Waals surface area contributed by atoms with Crippen LogP contribution in [0.2, 0.25) is 0 Å². The predicted octanol–water partition coefficient (Wildman–Crippen LogP) is 3.23. The van der Waals surface area contributed by atoms with E-state index in [0.29, 0.717) is 11.5 Å². The number of carbonyl (C=O) groups excluding carboxylic acids is 1. The number of aromatic nitrogens is 2. The van der Waals surface area contributed by atoms with Crippen molar-refractivity contribution in [2.24, 2.45) is 7.05 Å². The van der Waals surface area contributed by atoms with Crippen LogP contribution in [0.4, 0.5) is 5.95 Å². The van der Waals surface area contributed by atoms with Gasteiger partial charge in [-0.2, -0.15) is 0 Å². The summed E-state index contributed by atoms with van der Waals surface area (Å²) in [4.78, 5) is 18.9. The molecule has 5 nitrogen and oxygen atoms in total. The van der Waals surface area contributed by atoms with Crippen LogP contribution in [-0.4, -0.2) is 26.9 Å². The van der Waals surface area contributed by atoms with E-state index in [2.05, 4.69) is 39.5 Å². The van der Waals surface area contributed by atoms with Crippen molar-refractivity contribution in [3.8, 4) is 0 Å². The number of nitrogens with zero attached hydrogens (tertiary/aromatic N) is 3. The highest BCUT2D eigenvalue weighted by molar-refractivity contribution is 6.03. The summed E-state index contributed by atoms with van der Waals surface area (Å²) in [5.74, 6) is 0.406. The third kappa shape index (κ3) is 3.53. The Morgan fingerprint density at radius 1 is 1.12 bits per heavy atom. The molecule has 2 aromatic carbocycles. The molecule has 0 unspecified atom stereocenters. The van der Waals surface area contributed by atoms with Crippen LogP contribution in [0.15, 0.2) is 60.9 Å². The van der Waals surface area contributed by atoms with Crippen molar-refractivity contribution >= 4 is 11.9 Å². The van der Waals surface area contributed by atoms with Gasteiger partial charge in [-0.05, 0) is 35.2 Å². The summed E-state index contributed by atoms with van der Waals surface area (Å²) in [6, 6.07) is 16.5. The van der Waals surface area contributed by atoms with Crippen LogP contribution >= 0.6 is 0 Å². The zero-order chi connectivity index (χ0) is 17.9. The number of fused-ring (bicyclic) bond motifs is 1. The first-order valence-electron chi connectivity index (χ1n) is 8.86. The largest absolute Gasteiger partial charge is 0.320 e. The first-order chi connectivity index (χ1) is 12.7. The Hall–Kier alpha value is -2.92. The van der Waals surface area contributed by atoms with Crippen molar-refractivity contribution in [1.82, 2.24) is 14.5 Å². The van der Waals surface area contributed by atoms with Crippen molar-refractivity contribution < 1.29 is 4.79 Å². The van der Waals surface area contributed by atoms with Gasteiger partial charge in [0.15, 0.2) is 0 Å². The van der Waals surface area contributed by atoms with Crippen molar-refractivity contribution in [2.75, 3.05) is 11.9 Å². The molecule has 0 aliphatic carbocycles. The smallest absolute Gasteiger partial charge is 0.257 e. The predicted molar refractivity (Wildman–Crippen MR) is 102 cm³/mol. The normalized spacial score (nSPS) is 14.0. The van der Waals surface area contributed by atoms with Crippen molar-refractivity contribution in [1.29, 1.82) is 0 Å². The van der Waals surface area contributed by atoms with E-state index in [1.54, 1.807) is 17.0 Å². The number of amides is 1. The maximum atomic E-state index is 12.3. The van der Waals surface area contributed by atoms with E-state index in [9.17, 15) is 4.79 Å². The molecule has 132 valence electrons. The Bertz CT molecular complexity index is 914. The lowest BCUT2D eigenvalue weighted by molar-refractivity contribution is 0.102. The SMILES string of the molecule is Cn1ccnc1NC(=O)c1ccc(CN2CCc3ccccc3C2)cc1. The van der Waals surface area contributed by atoms with Gasteiger partial charge in [-0.1, -0.05) is 36.4 Å². The number of imidazole rings is 1. The Balaban J connectivity index is 1.39. The fourth-order valence-electron chi connectivity index (χ4n) is 3.37. The number of rotatable bonds is 4. The van der Waals surface area contributed by atoms with E-state index < -0.39 is 0 Å². The minimum Gasteiger partial charge on any atom is -0.320 e. The molecule has 0 fully saturated rings. The van der Waals surface area contributed by atoms with E-state index in [-0.39, 0.29) is 5.91 Å². The molecule has 1 N–H and O–H groups in total. The van der Waals surface area contributed by atoms with Gasteiger partial charge in [0.2, 0.25) is 5.95 Å². The van der Waals surface area contributed by atoms with Crippen molar-refractivity contribution in [3.05, 3.63) is 83.2 Å². The second kappa shape index (κ2) is 7.14. The lowest BCUT2D eigenvalue weighted by Crippen LogP contribution is -2.29. The number of anilines is 1. The molecule has 3 aromatic rings. The number of hydrogen-bond donors (Lipinski definition) is 1. The first-order valence-corrected chi connectivity index (χ1v) is 8.86. The summed E-state index contributed by atoms with van der Waals surface area (Å²) in [6.45, 7) is 2.95. The molecule has 1 aliphatic heterocycles. The van der Waals surface area contributed by atoms with Gasteiger partial charge in [0.1, 0.15) is 0 Å². The second-order valence-corrected chi connectivity index (χ2v) is 6.74. The van der Waals surface area contributed by atoms with E-state index in [0.717, 1.165) is 26.1 Å². The lowest BCUT2D eigenvalue weighted by atomic mass is 9.99. The molecule has 5 heteroatoms. The highest BCUT2D eigenvalue weighted by Gasteiger charge is 2.16. The first kappa shape index (κ1) is 16.5. The van der Waals surface area contributed by atoms with E-state index in [1.807, 2.05) is 31.3 Å². The fourth-order valence-corrected chi connectivity index (χ4v) is 3.37. The molecule has 0 bridgehead atoms. The number of hydrogen-bond acceptors (Lipinski definition) is 3. The number of aryl methyl sites for hydroxylation is 1. The molecule has 1 aromatic heterocycles. The van der Waals surface area contributed by atoms with E-state index >= 15 is 0 Å². The minimum atomic E-state index is -0.141. The summed E-state index contributed by atoms with van der Waals surface area (Å²) in [7, 11) is 1.85. The monoisotopic (exact) mass is 346 g/mol. The summed E-state index contributed by atoms with van der Waals surface area (Å²) in [6.07, 6.45) is 4.56. The average Bonchev–Trinajstić information content (AvgIpc) is 3.07. The van der Waals surface area contributed by atoms with Crippen LogP contribution in [0.25, 0.3) is 0 Å². The Labute approximate surface area is 153 Å². The van der Waals surface area contributed by atoms with Crippen LogP contribution in [0.1, 0.15) is 27.0 Å². The maximum Gasteiger partial charge on any atom is 0.257 e. The summed E-state index contributed by atoms with van der Waals surface area (Å²) >= 11 is 0. The molecule has 0 saturated heterocycles. The topological polar surface area (TPSA) is 50.2 Å². The molecule has 26 heavy (non-hydrogen) atoms. The molecule has 1 aliphatic rings. The Morgan fingerprint density at radius 3 is 2.62 bits per heavy atom. The van der Waals surface area contributed by atoms with Gasteiger partial charge in [0.05, 0.1) is 0 Å². The molecule has 2 heterocycles. The molecular formula is C21H22N4O. The van der Waals surface area contributed by atoms with Crippen LogP contribution in [0.3, 0.4) is 0 Å². The quantitative estimate of drug-likeness (QED) is 0.789. The van der Waals surface area contributed by atoms with Gasteiger partial charge in [-0.15, -0.1) is 0 Å². The molecule has 0 atom stereocenters. The zero-order valence-electron chi connectivity index (χ0n) is 14.9. The van der Waals surface area contributed by atoms with Gasteiger partial charge < -0.3 is 4.57 Å². The van der Waals surface area contributed by atoms with E-state index in [4.69, 9.17) is 0 Å². The molecular weight excluding hydrogens is 324 g/mol. The maximum absolute atomic E-state index is 12.3. The summed E-state index contributed by atoms with van der Waals surface area (Å²) in [5, 5.41) is 2.82. The minimum absolute atomic E-state index is 0.141. The number of benzene rings is 2. The van der Waals surface area contributed by atoms with Gasteiger partial charge in [0.25, 0.3) is 5.91 Å². The van der Waals surface area contributed by atoms with Crippen molar-refractivity contribution in [3.63, 3.8) is 0 Å².